The van der Waals surface area contributed by atoms with E-state index in [1.54, 1.807) is 0 Å². The fourth-order valence-electron chi connectivity index (χ4n) is 1.78. The van der Waals surface area contributed by atoms with Crippen LogP contribution < -0.4 is 4.74 Å². The first-order valence-corrected chi connectivity index (χ1v) is 6.25. The number of carbonyl (C=O) groups excluding carboxylic acids is 1. The van der Waals surface area contributed by atoms with Gasteiger partial charge in [-0.1, -0.05) is 25.5 Å². The van der Waals surface area contributed by atoms with Crippen LogP contribution in [0, 0.1) is 6.92 Å². The maximum atomic E-state index is 12.1. The molecule has 0 fully saturated rings. The van der Waals surface area contributed by atoms with Crippen molar-refractivity contribution in [3.05, 3.63) is 29.3 Å². The monoisotopic (exact) mass is 235 g/mol. The summed E-state index contributed by atoms with van der Waals surface area (Å²) < 4.78 is 5.54. The second-order valence-corrected chi connectivity index (χ2v) is 3.73. The average Bonchev–Trinajstić information content (AvgIpc) is 2.52. The molecule has 3 heteroatoms. The van der Waals surface area contributed by atoms with Gasteiger partial charge in [0.15, 0.2) is 0 Å². The highest BCUT2D eigenvalue weighted by atomic mass is 16.5. The van der Waals surface area contributed by atoms with Crippen molar-refractivity contribution in [2.24, 2.45) is 0 Å². The molecular formula is C14H21NO2. The zero-order valence-corrected chi connectivity index (χ0v) is 11.1. The summed E-state index contributed by atoms with van der Waals surface area (Å²) in [4.78, 5) is 13.9. The van der Waals surface area contributed by atoms with Crippen molar-refractivity contribution in [1.29, 1.82) is 0 Å². The van der Waals surface area contributed by atoms with Crippen LogP contribution in [0.25, 0.3) is 0 Å². The summed E-state index contributed by atoms with van der Waals surface area (Å²) in [6, 6.07) is 5.74. The van der Waals surface area contributed by atoms with E-state index in [0.717, 1.165) is 12.1 Å². The molecule has 0 aromatic heterocycles. The smallest absolute Gasteiger partial charge is 0.257 e. The number of aryl methyl sites for hydroxylation is 1. The summed E-state index contributed by atoms with van der Waals surface area (Å²) in [5, 5.41) is 0. The molecule has 1 aliphatic rings. The minimum absolute atomic E-state index is 0.0775. The molecule has 94 valence electrons. The lowest BCUT2D eigenvalue weighted by Gasteiger charge is -2.16. The summed E-state index contributed by atoms with van der Waals surface area (Å²) >= 11 is 0. The molecule has 0 bridgehead atoms. The van der Waals surface area contributed by atoms with Gasteiger partial charge in [0.05, 0.1) is 12.1 Å². The van der Waals surface area contributed by atoms with Gasteiger partial charge in [0.2, 0.25) is 0 Å². The molecule has 1 amide bonds. The van der Waals surface area contributed by atoms with Crippen molar-refractivity contribution in [2.45, 2.75) is 27.7 Å². The predicted octanol–water partition coefficient (Wildman–Crippen LogP) is 2.88. The number of rotatable bonds is 1. The van der Waals surface area contributed by atoms with Gasteiger partial charge in [-0.15, -0.1) is 0 Å². The molecule has 1 aromatic rings. The van der Waals surface area contributed by atoms with Gasteiger partial charge < -0.3 is 9.64 Å². The lowest BCUT2D eigenvalue weighted by atomic mass is 10.1. The SMILES string of the molecule is CC.CCN1CCOc2ccc(C)cc2C1=O. The van der Waals surface area contributed by atoms with E-state index in [1.807, 2.05) is 50.8 Å². The third kappa shape index (κ3) is 2.99. The largest absolute Gasteiger partial charge is 0.491 e. The summed E-state index contributed by atoms with van der Waals surface area (Å²) in [7, 11) is 0. The van der Waals surface area contributed by atoms with E-state index in [-0.39, 0.29) is 5.91 Å². The van der Waals surface area contributed by atoms with E-state index in [1.165, 1.54) is 0 Å². The molecule has 17 heavy (non-hydrogen) atoms. The zero-order chi connectivity index (χ0) is 12.8. The van der Waals surface area contributed by atoms with E-state index in [0.29, 0.717) is 24.5 Å². The van der Waals surface area contributed by atoms with Crippen molar-refractivity contribution >= 4 is 5.91 Å². The first kappa shape index (κ1) is 13.6. The second kappa shape index (κ2) is 6.28. The Bertz CT molecular complexity index is 388. The number of hydrogen-bond donors (Lipinski definition) is 0. The number of amides is 1. The summed E-state index contributed by atoms with van der Waals surface area (Å²) in [6.07, 6.45) is 0. The molecule has 2 rings (SSSR count). The van der Waals surface area contributed by atoms with Crippen molar-refractivity contribution in [3.63, 3.8) is 0 Å². The summed E-state index contributed by atoms with van der Waals surface area (Å²) in [5.41, 5.74) is 1.78. The van der Waals surface area contributed by atoms with Gasteiger partial charge in [0, 0.05) is 6.54 Å². The van der Waals surface area contributed by atoms with E-state index in [9.17, 15) is 4.79 Å². The van der Waals surface area contributed by atoms with Crippen molar-refractivity contribution < 1.29 is 9.53 Å². The number of carbonyl (C=O) groups is 1. The molecule has 0 atom stereocenters. The van der Waals surface area contributed by atoms with Crippen LogP contribution in [0.5, 0.6) is 5.75 Å². The highest BCUT2D eigenvalue weighted by Crippen LogP contribution is 2.23. The molecular weight excluding hydrogens is 214 g/mol. The zero-order valence-electron chi connectivity index (χ0n) is 11.1. The third-order valence-electron chi connectivity index (χ3n) is 2.65. The number of ether oxygens (including phenoxy) is 1. The Morgan fingerprint density at radius 1 is 1.35 bits per heavy atom. The van der Waals surface area contributed by atoms with Gasteiger partial charge in [0.1, 0.15) is 12.4 Å². The predicted molar refractivity (Wildman–Crippen MR) is 69.6 cm³/mol. The summed E-state index contributed by atoms with van der Waals surface area (Å²) in [6.45, 7) is 9.95. The van der Waals surface area contributed by atoms with Crippen LogP contribution in [0.3, 0.4) is 0 Å². The van der Waals surface area contributed by atoms with E-state index in [2.05, 4.69) is 0 Å². The number of fused-ring (bicyclic) bond motifs is 1. The third-order valence-corrected chi connectivity index (χ3v) is 2.65. The molecule has 0 spiro atoms. The van der Waals surface area contributed by atoms with Gasteiger partial charge in [-0.25, -0.2) is 0 Å². The highest BCUT2D eigenvalue weighted by molar-refractivity contribution is 5.97. The Hall–Kier alpha value is -1.51. The van der Waals surface area contributed by atoms with Gasteiger partial charge in [-0.05, 0) is 26.0 Å². The van der Waals surface area contributed by atoms with Crippen molar-refractivity contribution in [3.8, 4) is 5.75 Å². The Morgan fingerprint density at radius 2 is 2.06 bits per heavy atom. The number of nitrogens with zero attached hydrogens (tertiary/aromatic N) is 1. The number of likely N-dealkylation sites (N-methyl/N-ethyl adjacent to an activating group) is 1. The van der Waals surface area contributed by atoms with Crippen LogP contribution >= 0.6 is 0 Å². The molecule has 0 saturated heterocycles. The van der Waals surface area contributed by atoms with E-state index >= 15 is 0 Å². The average molecular weight is 235 g/mol. The van der Waals surface area contributed by atoms with Gasteiger partial charge in [-0.2, -0.15) is 0 Å². The lowest BCUT2D eigenvalue weighted by Crippen LogP contribution is -2.32. The molecule has 0 N–H and O–H groups in total. The first-order valence-electron chi connectivity index (χ1n) is 6.25. The molecule has 1 heterocycles. The van der Waals surface area contributed by atoms with Gasteiger partial charge in [-0.3, -0.25) is 4.79 Å². The normalized spacial score (nSPS) is 14.1. The molecule has 0 aliphatic carbocycles. The minimum atomic E-state index is 0.0775. The van der Waals surface area contributed by atoms with E-state index < -0.39 is 0 Å². The lowest BCUT2D eigenvalue weighted by molar-refractivity contribution is 0.0765. The molecule has 1 aromatic carbocycles. The Balaban J connectivity index is 0.000000686. The number of hydrogen-bond acceptors (Lipinski definition) is 2. The fourth-order valence-corrected chi connectivity index (χ4v) is 1.78. The molecule has 0 radical (unpaired) electrons. The Kier molecular flexibility index (Phi) is 5.01. The maximum absolute atomic E-state index is 12.1. The van der Waals surface area contributed by atoms with Crippen LogP contribution in [0.2, 0.25) is 0 Å². The van der Waals surface area contributed by atoms with Crippen molar-refractivity contribution in [1.82, 2.24) is 4.90 Å². The van der Waals surface area contributed by atoms with Crippen LogP contribution in [0.4, 0.5) is 0 Å². The Morgan fingerprint density at radius 3 is 2.71 bits per heavy atom. The minimum Gasteiger partial charge on any atom is -0.491 e. The van der Waals surface area contributed by atoms with Crippen molar-refractivity contribution in [2.75, 3.05) is 19.7 Å². The van der Waals surface area contributed by atoms with Gasteiger partial charge in [0.25, 0.3) is 5.91 Å². The quantitative estimate of drug-likeness (QED) is 0.749. The topological polar surface area (TPSA) is 29.5 Å². The molecule has 0 unspecified atom stereocenters. The second-order valence-electron chi connectivity index (χ2n) is 3.73. The first-order chi connectivity index (χ1) is 8.22. The van der Waals surface area contributed by atoms with Crippen LogP contribution in [0.1, 0.15) is 36.7 Å². The molecule has 0 saturated carbocycles. The summed E-state index contributed by atoms with van der Waals surface area (Å²) in [5.74, 6) is 0.787. The van der Waals surface area contributed by atoms with Crippen LogP contribution in [0.15, 0.2) is 18.2 Å². The molecule has 3 nitrogen and oxygen atoms in total. The van der Waals surface area contributed by atoms with Crippen LogP contribution in [-0.4, -0.2) is 30.5 Å². The van der Waals surface area contributed by atoms with Crippen LogP contribution in [-0.2, 0) is 0 Å². The highest BCUT2D eigenvalue weighted by Gasteiger charge is 2.21. The molecule has 1 aliphatic heterocycles. The standard InChI is InChI=1S/C12H15NO2.C2H6/c1-3-13-6-7-15-11-5-4-9(2)8-10(11)12(13)14;1-2/h4-5,8H,3,6-7H2,1-2H3;1-2H3. The fraction of sp³-hybridized carbons (Fsp3) is 0.500. The Labute approximate surface area is 103 Å². The van der Waals surface area contributed by atoms with Gasteiger partial charge >= 0.3 is 0 Å². The maximum Gasteiger partial charge on any atom is 0.257 e. The number of benzene rings is 1. The van der Waals surface area contributed by atoms with E-state index in [4.69, 9.17) is 4.74 Å².